The average molecular weight is 415 g/mol. The summed E-state index contributed by atoms with van der Waals surface area (Å²) in [5.41, 5.74) is 1.32. The molecule has 0 spiro atoms. The minimum atomic E-state index is -3.68. The van der Waals surface area contributed by atoms with E-state index in [4.69, 9.17) is 4.74 Å². The van der Waals surface area contributed by atoms with Gasteiger partial charge in [0, 0.05) is 11.3 Å². The van der Waals surface area contributed by atoms with E-state index in [1.165, 1.54) is 31.4 Å². The SMILES string of the molecule is COc1cc(/C=C/C(=O)c2cccc(NS(=O)(=O)c3cccs3)c2)ccc1O. The first-order chi connectivity index (χ1) is 13.4. The minimum Gasteiger partial charge on any atom is -0.504 e. The zero-order valence-electron chi connectivity index (χ0n) is 14.8. The van der Waals surface area contributed by atoms with E-state index in [2.05, 4.69) is 4.72 Å². The van der Waals surface area contributed by atoms with Crippen molar-refractivity contribution in [1.82, 2.24) is 0 Å². The number of rotatable bonds is 7. The maximum atomic E-state index is 12.4. The molecule has 28 heavy (non-hydrogen) atoms. The van der Waals surface area contributed by atoms with E-state index < -0.39 is 10.0 Å². The molecule has 0 saturated carbocycles. The number of carbonyl (C=O) groups is 1. The van der Waals surface area contributed by atoms with Crippen molar-refractivity contribution in [1.29, 1.82) is 0 Å². The maximum absolute atomic E-state index is 12.4. The molecule has 144 valence electrons. The molecule has 0 aliphatic rings. The lowest BCUT2D eigenvalue weighted by Crippen LogP contribution is -2.11. The van der Waals surface area contributed by atoms with Crippen molar-refractivity contribution in [3.63, 3.8) is 0 Å². The number of hydrogen-bond donors (Lipinski definition) is 2. The highest BCUT2D eigenvalue weighted by molar-refractivity contribution is 7.94. The van der Waals surface area contributed by atoms with Gasteiger partial charge in [-0.15, -0.1) is 11.3 Å². The molecule has 0 radical (unpaired) electrons. The number of nitrogens with one attached hydrogen (secondary N) is 1. The second-order valence-electron chi connectivity index (χ2n) is 5.75. The highest BCUT2D eigenvalue weighted by Crippen LogP contribution is 2.27. The molecule has 0 aliphatic heterocycles. The fourth-order valence-electron chi connectivity index (χ4n) is 2.42. The first-order valence-electron chi connectivity index (χ1n) is 8.15. The lowest BCUT2D eigenvalue weighted by atomic mass is 10.1. The summed E-state index contributed by atoms with van der Waals surface area (Å²) in [6, 6.07) is 14.2. The van der Waals surface area contributed by atoms with Crippen molar-refractivity contribution < 1.29 is 23.1 Å². The zero-order valence-corrected chi connectivity index (χ0v) is 16.5. The van der Waals surface area contributed by atoms with Gasteiger partial charge in [0.25, 0.3) is 10.0 Å². The van der Waals surface area contributed by atoms with Gasteiger partial charge in [0.15, 0.2) is 17.3 Å². The largest absolute Gasteiger partial charge is 0.504 e. The Hall–Kier alpha value is -3.10. The third-order valence-corrected chi connectivity index (χ3v) is 6.57. The van der Waals surface area contributed by atoms with Crippen LogP contribution in [0, 0.1) is 0 Å². The molecule has 0 fully saturated rings. The number of thiophene rings is 1. The number of phenolic OH excluding ortho intramolecular Hbond substituents is 1. The number of phenols is 1. The van der Waals surface area contributed by atoms with Crippen molar-refractivity contribution >= 4 is 38.9 Å². The maximum Gasteiger partial charge on any atom is 0.271 e. The summed E-state index contributed by atoms with van der Waals surface area (Å²) >= 11 is 1.11. The van der Waals surface area contributed by atoms with E-state index in [0.29, 0.717) is 22.6 Å². The van der Waals surface area contributed by atoms with E-state index in [-0.39, 0.29) is 15.7 Å². The van der Waals surface area contributed by atoms with Crippen LogP contribution < -0.4 is 9.46 Å². The zero-order chi connectivity index (χ0) is 20.1. The van der Waals surface area contributed by atoms with Gasteiger partial charge in [0.1, 0.15) is 4.21 Å². The van der Waals surface area contributed by atoms with Crippen molar-refractivity contribution in [2.24, 2.45) is 0 Å². The number of methoxy groups -OCH3 is 1. The van der Waals surface area contributed by atoms with Crippen molar-refractivity contribution in [3.05, 3.63) is 77.2 Å². The first kappa shape index (κ1) is 19.7. The fraction of sp³-hybridized carbons (Fsp3) is 0.0500. The predicted octanol–water partition coefficient (Wildman–Crippen LogP) is 4.16. The molecule has 0 amide bonds. The van der Waals surface area contributed by atoms with Crippen molar-refractivity contribution in [2.45, 2.75) is 4.21 Å². The van der Waals surface area contributed by atoms with E-state index in [0.717, 1.165) is 11.3 Å². The molecule has 3 aromatic rings. The lowest BCUT2D eigenvalue weighted by molar-refractivity contribution is 0.104. The molecule has 0 bridgehead atoms. The Balaban J connectivity index is 1.77. The van der Waals surface area contributed by atoms with E-state index >= 15 is 0 Å². The molecule has 0 unspecified atom stereocenters. The molecular weight excluding hydrogens is 398 g/mol. The van der Waals surface area contributed by atoms with Crippen molar-refractivity contribution in [3.8, 4) is 11.5 Å². The molecule has 1 heterocycles. The Morgan fingerprint density at radius 3 is 2.68 bits per heavy atom. The quantitative estimate of drug-likeness (QED) is 0.446. The van der Waals surface area contributed by atoms with Gasteiger partial charge in [-0.1, -0.05) is 30.3 Å². The number of anilines is 1. The van der Waals surface area contributed by atoms with E-state index in [1.54, 1.807) is 47.9 Å². The first-order valence-corrected chi connectivity index (χ1v) is 10.5. The Morgan fingerprint density at radius 2 is 1.96 bits per heavy atom. The van der Waals surface area contributed by atoms with Crippen LogP contribution in [0.1, 0.15) is 15.9 Å². The normalized spacial score (nSPS) is 11.5. The van der Waals surface area contributed by atoms with Gasteiger partial charge in [-0.3, -0.25) is 9.52 Å². The van der Waals surface area contributed by atoms with Crippen LogP contribution in [-0.2, 0) is 10.0 Å². The van der Waals surface area contributed by atoms with E-state index in [1.807, 2.05) is 0 Å². The predicted molar refractivity (Wildman–Crippen MR) is 110 cm³/mol. The van der Waals surface area contributed by atoms with Gasteiger partial charge in [0.2, 0.25) is 0 Å². The minimum absolute atomic E-state index is 0.0108. The summed E-state index contributed by atoms with van der Waals surface area (Å²) in [4.78, 5) is 12.4. The lowest BCUT2D eigenvalue weighted by Gasteiger charge is -2.07. The van der Waals surface area contributed by atoms with Gasteiger partial charge in [-0.05, 0) is 47.4 Å². The summed E-state index contributed by atoms with van der Waals surface area (Å²) < 4.78 is 32.3. The summed E-state index contributed by atoms with van der Waals surface area (Å²) in [7, 11) is -2.24. The van der Waals surface area contributed by atoms with Crippen LogP contribution in [0.5, 0.6) is 11.5 Å². The molecule has 0 aliphatic carbocycles. The Labute approximate surface area is 166 Å². The molecule has 3 rings (SSSR count). The Kier molecular flexibility index (Phi) is 5.81. The average Bonchev–Trinajstić information content (AvgIpc) is 3.23. The Bertz CT molecular complexity index is 1120. The Morgan fingerprint density at radius 1 is 1.14 bits per heavy atom. The van der Waals surface area contributed by atoms with Crippen LogP contribution in [-0.4, -0.2) is 26.4 Å². The highest BCUT2D eigenvalue weighted by atomic mass is 32.2. The van der Waals surface area contributed by atoms with E-state index in [9.17, 15) is 18.3 Å². The van der Waals surface area contributed by atoms with Gasteiger partial charge in [0.05, 0.1) is 7.11 Å². The van der Waals surface area contributed by atoms with Gasteiger partial charge in [-0.2, -0.15) is 0 Å². The van der Waals surface area contributed by atoms with Crippen LogP contribution in [0.3, 0.4) is 0 Å². The number of ether oxygens (including phenoxy) is 1. The summed E-state index contributed by atoms with van der Waals surface area (Å²) in [6.07, 6.45) is 2.96. The number of benzene rings is 2. The van der Waals surface area contributed by atoms with Gasteiger partial charge < -0.3 is 9.84 Å². The molecule has 8 heteroatoms. The number of carbonyl (C=O) groups excluding carboxylic acids is 1. The molecule has 0 saturated heterocycles. The molecule has 0 atom stereocenters. The topological polar surface area (TPSA) is 92.7 Å². The van der Waals surface area contributed by atoms with Gasteiger partial charge in [-0.25, -0.2) is 8.42 Å². The highest BCUT2D eigenvalue weighted by Gasteiger charge is 2.15. The third-order valence-electron chi connectivity index (χ3n) is 3.79. The standard InChI is InChI=1S/C20H17NO5S2/c1-26-19-12-14(8-10-18(19)23)7-9-17(22)15-4-2-5-16(13-15)21-28(24,25)20-6-3-11-27-20/h2-13,21,23H,1H3/b9-7+. The van der Waals surface area contributed by atoms with Gasteiger partial charge >= 0.3 is 0 Å². The fourth-order valence-corrected chi connectivity index (χ4v) is 4.47. The summed E-state index contributed by atoms with van der Waals surface area (Å²) in [5.74, 6) is 0.0282. The van der Waals surface area contributed by atoms with Crippen LogP contribution in [0.2, 0.25) is 0 Å². The molecular formula is C20H17NO5S2. The third kappa shape index (κ3) is 4.59. The smallest absolute Gasteiger partial charge is 0.271 e. The monoisotopic (exact) mass is 415 g/mol. The number of aromatic hydroxyl groups is 1. The van der Waals surface area contributed by atoms with Crippen LogP contribution in [0.4, 0.5) is 5.69 Å². The summed E-state index contributed by atoms with van der Waals surface area (Å²) in [6.45, 7) is 0. The number of hydrogen-bond acceptors (Lipinski definition) is 6. The van der Waals surface area contributed by atoms with Crippen LogP contribution in [0.25, 0.3) is 6.08 Å². The number of ketones is 1. The summed E-state index contributed by atoms with van der Waals surface area (Å²) in [5, 5.41) is 11.3. The number of sulfonamides is 1. The molecule has 1 aromatic heterocycles. The second-order valence-corrected chi connectivity index (χ2v) is 8.60. The van der Waals surface area contributed by atoms with Crippen LogP contribution >= 0.6 is 11.3 Å². The van der Waals surface area contributed by atoms with Crippen molar-refractivity contribution in [2.75, 3.05) is 11.8 Å². The van der Waals surface area contributed by atoms with Crippen LogP contribution in [0.15, 0.2) is 70.3 Å². The second kappa shape index (κ2) is 8.28. The number of allylic oxidation sites excluding steroid dienone is 1. The molecule has 2 N–H and O–H groups in total. The molecule has 2 aromatic carbocycles. The molecule has 6 nitrogen and oxygen atoms in total.